The molecule has 1 amide bonds. The minimum Gasteiger partial charge on any atom is -0.461 e. The van der Waals surface area contributed by atoms with Gasteiger partial charge in [-0.25, -0.2) is 4.79 Å². The fourth-order valence-electron chi connectivity index (χ4n) is 2.97. The molecule has 0 aliphatic heterocycles. The van der Waals surface area contributed by atoms with E-state index in [1.807, 2.05) is 0 Å². The van der Waals surface area contributed by atoms with Crippen molar-refractivity contribution < 1.29 is 32.3 Å². The van der Waals surface area contributed by atoms with Crippen LogP contribution in [-0.4, -0.2) is 33.8 Å². The average molecular weight is 413 g/mol. The van der Waals surface area contributed by atoms with Crippen LogP contribution >= 0.6 is 0 Å². The van der Waals surface area contributed by atoms with Crippen LogP contribution in [0.15, 0.2) is 16.9 Å². The summed E-state index contributed by atoms with van der Waals surface area (Å²) in [7, 11) is 0. The summed E-state index contributed by atoms with van der Waals surface area (Å²) < 4.78 is 45.0. The van der Waals surface area contributed by atoms with E-state index < -0.39 is 47.2 Å². The zero-order chi connectivity index (χ0) is 22.1. The molecule has 0 radical (unpaired) electrons. The highest BCUT2D eigenvalue weighted by molar-refractivity contribution is 6.02. The number of alkyl halides is 3. The average Bonchev–Trinajstić information content (AvgIpc) is 2.90. The Morgan fingerprint density at radius 3 is 2.34 bits per heavy atom. The van der Waals surface area contributed by atoms with Crippen molar-refractivity contribution in [2.45, 2.75) is 33.5 Å². The van der Waals surface area contributed by atoms with Crippen molar-refractivity contribution in [1.29, 1.82) is 0 Å². The van der Waals surface area contributed by atoms with Crippen LogP contribution in [0, 0.1) is 13.8 Å². The Morgan fingerprint density at radius 1 is 1.21 bits per heavy atom. The molecule has 29 heavy (non-hydrogen) atoms. The molecule has 0 aliphatic rings. The van der Waals surface area contributed by atoms with E-state index in [1.165, 1.54) is 13.8 Å². The Balaban J connectivity index is 2.57. The van der Waals surface area contributed by atoms with E-state index in [0.717, 1.165) is 0 Å². The number of aromatic nitrogens is 2. The number of Topliss-reactive ketones (excluding diaryl/α,β-unsaturated/α-hetero) is 1. The first-order valence-corrected chi connectivity index (χ1v) is 8.40. The van der Waals surface area contributed by atoms with E-state index in [-0.39, 0.29) is 33.7 Å². The second-order valence-corrected chi connectivity index (χ2v) is 6.15. The lowest BCUT2D eigenvalue weighted by Crippen LogP contribution is -2.35. The summed E-state index contributed by atoms with van der Waals surface area (Å²) in [6, 6.07) is 1.18. The van der Waals surface area contributed by atoms with E-state index in [9.17, 15) is 32.3 Å². The molecular formula is C18H18F3N3O5. The van der Waals surface area contributed by atoms with Crippen LogP contribution in [0.2, 0.25) is 0 Å². The van der Waals surface area contributed by atoms with Gasteiger partial charge in [0.1, 0.15) is 17.0 Å². The molecule has 0 fully saturated rings. The van der Waals surface area contributed by atoms with Gasteiger partial charge >= 0.3 is 12.1 Å². The van der Waals surface area contributed by atoms with Gasteiger partial charge in [0.2, 0.25) is 0 Å². The molecule has 0 unspecified atom stereocenters. The van der Waals surface area contributed by atoms with Crippen molar-refractivity contribution in [2.75, 3.05) is 6.61 Å². The first kappa shape index (κ1) is 21.9. The Morgan fingerprint density at radius 2 is 1.83 bits per heavy atom. The van der Waals surface area contributed by atoms with Crippen LogP contribution in [-0.2, 0) is 17.5 Å². The molecule has 0 saturated carbocycles. The number of pyridine rings is 1. The van der Waals surface area contributed by atoms with Crippen LogP contribution in [0.4, 0.5) is 13.2 Å². The van der Waals surface area contributed by atoms with Gasteiger partial charge in [-0.1, -0.05) is 0 Å². The third kappa shape index (κ3) is 4.23. The largest absolute Gasteiger partial charge is 0.461 e. The van der Waals surface area contributed by atoms with Crippen LogP contribution in [0.5, 0.6) is 0 Å². The minimum absolute atomic E-state index is 0.0121. The van der Waals surface area contributed by atoms with Gasteiger partial charge in [0.05, 0.1) is 13.2 Å². The van der Waals surface area contributed by atoms with Gasteiger partial charge in [0.25, 0.3) is 11.5 Å². The maximum Gasteiger partial charge on any atom is 0.431 e. The van der Waals surface area contributed by atoms with Gasteiger partial charge in [0.15, 0.2) is 5.78 Å². The number of H-pyrrole nitrogens is 1. The van der Waals surface area contributed by atoms with Crippen LogP contribution < -0.4 is 11.3 Å². The minimum atomic E-state index is -4.95. The number of nitrogens with zero attached hydrogens (tertiary/aromatic N) is 1. The predicted octanol–water partition coefficient (Wildman–Crippen LogP) is 1.97. The van der Waals surface area contributed by atoms with Gasteiger partial charge in [-0.05, 0) is 38.5 Å². The van der Waals surface area contributed by atoms with Crippen molar-refractivity contribution in [2.24, 2.45) is 5.73 Å². The standard InChI is InChI=1S/C18H18F3N3O5/c1-4-29-17(28)14-8(2)13(9(3)23-14)11(25)7-24-12(18(19,20)21)6-5-10(15(22)26)16(24)27/h5-6,23H,4,7H2,1-3H3,(H2,22,26). The Labute approximate surface area is 162 Å². The number of amides is 1. The van der Waals surface area contributed by atoms with Gasteiger partial charge in [-0.3, -0.25) is 19.0 Å². The summed E-state index contributed by atoms with van der Waals surface area (Å²) in [6.45, 7) is 3.55. The van der Waals surface area contributed by atoms with Gasteiger partial charge in [-0.15, -0.1) is 0 Å². The highest BCUT2D eigenvalue weighted by atomic mass is 19.4. The lowest BCUT2D eigenvalue weighted by molar-refractivity contribution is -0.144. The van der Waals surface area contributed by atoms with E-state index >= 15 is 0 Å². The molecule has 0 bridgehead atoms. The van der Waals surface area contributed by atoms with E-state index in [0.29, 0.717) is 12.1 Å². The number of nitrogens with one attached hydrogen (secondary N) is 1. The summed E-state index contributed by atoms with van der Waals surface area (Å²) in [5.41, 5.74) is 1.95. The first-order chi connectivity index (χ1) is 13.4. The number of primary amides is 1. The first-order valence-electron chi connectivity index (χ1n) is 8.40. The second-order valence-electron chi connectivity index (χ2n) is 6.15. The maximum absolute atomic E-state index is 13.3. The molecule has 156 valence electrons. The normalized spacial score (nSPS) is 11.4. The number of halogens is 3. The number of hydrogen-bond donors (Lipinski definition) is 2. The number of esters is 1. The maximum atomic E-state index is 13.3. The zero-order valence-electron chi connectivity index (χ0n) is 15.8. The highest BCUT2D eigenvalue weighted by Crippen LogP contribution is 2.29. The molecule has 0 saturated heterocycles. The smallest absolute Gasteiger partial charge is 0.431 e. The number of carbonyl (C=O) groups excluding carboxylic acids is 3. The molecule has 0 aliphatic carbocycles. The third-order valence-corrected chi connectivity index (χ3v) is 4.23. The number of nitrogens with two attached hydrogens (primary N) is 1. The molecule has 2 heterocycles. The SMILES string of the molecule is CCOC(=O)c1[nH]c(C)c(C(=O)Cn2c(C(F)(F)F)ccc(C(N)=O)c2=O)c1C. The molecule has 8 nitrogen and oxygen atoms in total. The summed E-state index contributed by atoms with van der Waals surface area (Å²) >= 11 is 0. The molecule has 3 N–H and O–H groups in total. The number of aryl methyl sites for hydroxylation is 1. The highest BCUT2D eigenvalue weighted by Gasteiger charge is 2.36. The molecule has 0 atom stereocenters. The van der Waals surface area contributed by atoms with E-state index in [1.54, 1.807) is 6.92 Å². The van der Waals surface area contributed by atoms with E-state index in [4.69, 9.17) is 10.5 Å². The number of hydrogen-bond acceptors (Lipinski definition) is 5. The Kier molecular flexibility index (Phi) is 6.00. The van der Waals surface area contributed by atoms with Crippen molar-refractivity contribution >= 4 is 17.7 Å². The van der Waals surface area contributed by atoms with Gasteiger partial charge in [-0.2, -0.15) is 13.2 Å². The topological polar surface area (TPSA) is 124 Å². The Hall–Kier alpha value is -3.37. The molecular weight excluding hydrogens is 395 g/mol. The number of rotatable bonds is 6. The summed E-state index contributed by atoms with van der Waals surface area (Å²) in [5.74, 6) is -2.81. The van der Waals surface area contributed by atoms with E-state index in [2.05, 4.69) is 4.98 Å². The molecule has 2 rings (SSSR count). The lowest BCUT2D eigenvalue weighted by Gasteiger charge is -2.16. The molecule has 2 aromatic heterocycles. The quantitative estimate of drug-likeness (QED) is 0.553. The van der Waals surface area contributed by atoms with Gasteiger partial charge in [0, 0.05) is 11.3 Å². The summed E-state index contributed by atoms with van der Waals surface area (Å²) in [6.07, 6.45) is -4.95. The number of ketones is 1. The van der Waals surface area contributed by atoms with Crippen molar-refractivity contribution in [3.8, 4) is 0 Å². The van der Waals surface area contributed by atoms with Crippen molar-refractivity contribution in [3.63, 3.8) is 0 Å². The third-order valence-electron chi connectivity index (χ3n) is 4.23. The van der Waals surface area contributed by atoms with Crippen LogP contribution in [0.1, 0.15) is 55.1 Å². The zero-order valence-corrected chi connectivity index (χ0v) is 15.8. The molecule has 2 aromatic rings. The predicted molar refractivity (Wildman–Crippen MR) is 94.8 cm³/mol. The summed E-state index contributed by atoms with van der Waals surface area (Å²) in [4.78, 5) is 51.0. The van der Waals surface area contributed by atoms with Gasteiger partial charge < -0.3 is 15.5 Å². The monoisotopic (exact) mass is 413 g/mol. The fraction of sp³-hybridized carbons (Fsp3) is 0.333. The number of ether oxygens (including phenoxy) is 1. The fourth-order valence-corrected chi connectivity index (χ4v) is 2.97. The number of aromatic amines is 1. The van der Waals surface area contributed by atoms with Crippen LogP contribution in [0.25, 0.3) is 0 Å². The van der Waals surface area contributed by atoms with Crippen molar-refractivity contribution in [3.05, 3.63) is 56.3 Å². The molecule has 0 aromatic carbocycles. The number of carbonyl (C=O) groups is 3. The lowest BCUT2D eigenvalue weighted by atomic mass is 10.1. The van der Waals surface area contributed by atoms with Crippen molar-refractivity contribution in [1.82, 2.24) is 9.55 Å². The Bertz CT molecular complexity index is 1050. The van der Waals surface area contributed by atoms with Crippen LogP contribution in [0.3, 0.4) is 0 Å². The molecule has 0 spiro atoms. The summed E-state index contributed by atoms with van der Waals surface area (Å²) in [5, 5.41) is 0. The second kappa shape index (κ2) is 7.94. The molecule has 11 heteroatoms.